The smallest absolute Gasteiger partial charge is 0.330 e. The molecule has 0 amide bonds. The van der Waals surface area contributed by atoms with Gasteiger partial charge in [0.1, 0.15) is 24.2 Å². The number of allylic oxidation sites excluding steroid dienone is 6. The SMILES string of the molecule is C[C@@H]1C/C=C/C=C/C=C/C=C/[C@H](O[C@@H]2O[C@H](C)[C@@H](O)[C@H](N)[C@@H]2O)C[C@@H]2O[C@](O)(C[C@@H](O)C[C@H]3O[C@@H]3/C=C/C(=O)O1)C[C@H](O)[C@H]2C(=O)O.O=C(O)CN(CCN(CC(=O)O)CC(=O)O)CC(=O)O.O=C(O)CN(CCN(CC(=O)O)CC(=O)O)CC(=O)O. The zero-order valence-electron chi connectivity index (χ0n) is 47.6. The molecule has 4 rings (SSSR count). The van der Waals surface area contributed by atoms with Gasteiger partial charge in [-0.05, 0) is 19.9 Å². The molecular weight excluding hydrogens is 1170 g/mol. The number of aliphatic hydroxyl groups is 5. The average molecular weight is 1250 g/mol. The van der Waals surface area contributed by atoms with E-state index in [1.54, 1.807) is 56.4 Å². The molecule has 4 aliphatic heterocycles. The quantitative estimate of drug-likeness (QED) is 0.0306. The van der Waals surface area contributed by atoms with E-state index in [9.17, 15) is 78.6 Å². The molecule has 3 fully saturated rings. The highest BCUT2D eigenvalue weighted by atomic mass is 16.7. The van der Waals surface area contributed by atoms with Gasteiger partial charge in [0.15, 0.2) is 12.1 Å². The number of nitrogens with zero attached hydrogens (tertiary/aromatic N) is 4. The van der Waals surface area contributed by atoms with Crippen molar-refractivity contribution in [2.45, 2.75) is 125 Å². The van der Waals surface area contributed by atoms with Gasteiger partial charge in [0.05, 0.1) is 101 Å². The topological polar surface area (TPSA) is 542 Å². The summed E-state index contributed by atoms with van der Waals surface area (Å²) in [6, 6.07) is -1.08. The number of fused-ring (bicyclic) bond motifs is 3. The number of aliphatic carboxylic acids is 9. The van der Waals surface area contributed by atoms with E-state index in [0.29, 0.717) is 6.42 Å². The van der Waals surface area contributed by atoms with Crippen LogP contribution in [0.1, 0.15) is 46.0 Å². The van der Waals surface area contributed by atoms with Crippen LogP contribution in [0.4, 0.5) is 0 Å². The van der Waals surface area contributed by atoms with Crippen LogP contribution in [-0.2, 0) is 71.6 Å². The molecule has 87 heavy (non-hydrogen) atoms. The van der Waals surface area contributed by atoms with Gasteiger partial charge in [-0.25, -0.2) is 4.79 Å². The second-order valence-corrected chi connectivity index (χ2v) is 20.6. The van der Waals surface area contributed by atoms with Crippen LogP contribution < -0.4 is 5.73 Å². The standard InChI is InChI=1S/C33H47NO13.2C10H16N2O8/c1-18-10-8-6-4-3-5-7-9-11-21(45-32-30(39)28(34)29(38)19(2)44-32)15-25-27(31(40)41)22(36)17-33(42,47-25)16-20(35)14-24-23(46-24)12-13-26(37)43-18;2*13-7(14)3-11(4-8(15)16)1-2-12(5-9(17)18)6-10(19)20/h3-9,11-13,18-25,27-30,32,35-36,38-39,42H,10,14-17,34H2,1-2H3,(H,40,41);2*1-6H2,(H,13,14)(H,15,16)(H,17,18)(H,19,20)/b4-3+,7-5+,8-6+,11-9+,13-12+;;/t18-,19-,20+,21+,22+,23-,24-,25+,27-,28+,29-,30+,32+,33-;;/m1../s1. The molecule has 0 aromatic carbocycles. The second kappa shape index (κ2) is 38.2. The monoisotopic (exact) mass is 1250 g/mol. The van der Waals surface area contributed by atoms with Crippen LogP contribution >= 0.6 is 0 Å². The average Bonchev–Trinajstić information content (AvgIpc) is 1.18. The van der Waals surface area contributed by atoms with Crippen molar-refractivity contribution in [1.29, 1.82) is 0 Å². The molecule has 4 heterocycles. The molecule has 3 saturated heterocycles. The van der Waals surface area contributed by atoms with E-state index in [0.717, 1.165) is 19.6 Å². The van der Waals surface area contributed by atoms with E-state index in [4.69, 9.17) is 70.3 Å². The van der Waals surface area contributed by atoms with Gasteiger partial charge in [0.2, 0.25) is 0 Å². The lowest BCUT2D eigenvalue weighted by Gasteiger charge is -2.45. The fourth-order valence-electron chi connectivity index (χ4n) is 8.96. The number of esters is 1. The number of carboxylic acid groups (broad SMARTS) is 9. The first kappa shape index (κ1) is 75.9. The predicted octanol–water partition coefficient (Wildman–Crippen LogP) is -4.02. The molecule has 14 atom stereocenters. The van der Waals surface area contributed by atoms with Crippen molar-refractivity contribution in [1.82, 2.24) is 19.6 Å². The molecule has 0 aromatic heterocycles. The predicted molar refractivity (Wildman–Crippen MR) is 292 cm³/mol. The number of carbonyl (C=O) groups is 10. The van der Waals surface area contributed by atoms with Crippen LogP contribution in [0.2, 0.25) is 0 Å². The molecule has 34 heteroatoms. The summed E-state index contributed by atoms with van der Waals surface area (Å²) < 4.78 is 28.5. The molecule has 4 aliphatic rings. The summed E-state index contributed by atoms with van der Waals surface area (Å²) in [4.78, 5) is 113. The molecule has 0 spiro atoms. The van der Waals surface area contributed by atoms with Crippen molar-refractivity contribution in [3.63, 3.8) is 0 Å². The third kappa shape index (κ3) is 31.9. The van der Waals surface area contributed by atoms with Crippen molar-refractivity contribution < 1.29 is 143 Å². The van der Waals surface area contributed by atoms with Gasteiger partial charge in [-0.1, -0.05) is 48.6 Å². The van der Waals surface area contributed by atoms with E-state index in [1.807, 2.05) is 6.08 Å². The van der Waals surface area contributed by atoms with Crippen molar-refractivity contribution in [2.75, 3.05) is 78.5 Å². The Balaban J connectivity index is 0.000000533. The van der Waals surface area contributed by atoms with Crippen LogP contribution in [0.15, 0.2) is 60.8 Å². The Morgan fingerprint density at radius 1 is 0.575 bits per heavy atom. The number of aliphatic hydroxyl groups excluding tert-OH is 4. The molecule has 490 valence electrons. The highest BCUT2D eigenvalue weighted by Gasteiger charge is 2.51. The summed E-state index contributed by atoms with van der Waals surface area (Å²) in [6.45, 7) is -1.16. The van der Waals surface area contributed by atoms with Crippen molar-refractivity contribution in [3.8, 4) is 0 Å². The molecule has 0 aromatic rings. The molecule has 34 nitrogen and oxygen atoms in total. The molecule has 0 aliphatic carbocycles. The first-order valence-corrected chi connectivity index (χ1v) is 26.9. The van der Waals surface area contributed by atoms with Gasteiger partial charge in [-0.2, -0.15) is 0 Å². The van der Waals surface area contributed by atoms with E-state index in [1.165, 1.54) is 12.2 Å². The van der Waals surface area contributed by atoms with Crippen molar-refractivity contribution >= 4 is 59.7 Å². The van der Waals surface area contributed by atoms with Crippen LogP contribution in [0.5, 0.6) is 0 Å². The second-order valence-electron chi connectivity index (χ2n) is 20.6. The van der Waals surface area contributed by atoms with E-state index in [-0.39, 0.29) is 51.5 Å². The van der Waals surface area contributed by atoms with E-state index < -0.39 is 197 Å². The summed E-state index contributed by atoms with van der Waals surface area (Å²) >= 11 is 0. The van der Waals surface area contributed by atoms with E-state index >= 15 is 0 Å². The minimum absolute atomic E-state index is 0.0703. The Bertz CT molecular complexity index is 2250. The third-order valence-electron chi connectivity index (χ3n) is 12.9. The van der Waals surface area contributed by atoms with Gasteiger partial charge >= 0.3 is 59.7 Å². The summed E-state index contributed by atoms with van der Waals surface area (Å²) in [6.07, 6.45) is 5.25. The van der Waals surface area contributed by atoms with Gasteiger partial charge in [-0.15, -0.1) is 0 Å². The number of carbonyl (C=O) groups excluding carboxylic acids is 1. The number of rotatable bonds is 25. The van der Waals surface area contributed by atoms with Crippen LogP contribution in [0.25, 0.3) is 0 Å². The fraction of sp³-hybridized carbons (Fsp3) is 0.623. The number of nitrogens with two attached hydrogens (primary N) is 1. The van der Waals surface area contributed by atoms with Crippen molar-refractivity contribution in [3.05, 3.63) is 60.8 Å². The largest absolute Gasteiger partial charge is 0.481 e. The molecule has 16 N–H and O–H groups in total. The molecule has 0 saturated carbocycles. The normalized spacial score (nSPS) is 30.4. The molecule has 0 unspecified atom stereocenters. The molecule has 0 radical (unpaired) electrons. The Hall–Kier alpha value is -7.16. The lowest BCUT2D eigenvalue weighted by atomic mass is 9.83. The molecule has 2 bridgehead atoms. The van der Waals surface area contributed by atoms with E-state index in [2.05, 4.69) is 0 Å². The van der Waals surface area contributed by atoms with Gasteiger partial charge in [0, 0.05) is 64.4 Å². The minimum Gasteiger partial charge on any atom is -0.481 e. The van der Waals surface area contributed by atoms with Crippen LogP contribution in [0.3, 0.4) is 0 Å². The maximum atomic E-state index is 12.3. The number of carboxylic acids is 9. The Morgan fingerprint density at radius 2 is 1.00 bits per heavy atom. The van der Waals surface area contributed by atoms with Crippen molar-refractivity contribution in [2.24, 2.45) is 11.7 Å². The molecular formula is C53H79N5O29. The number of cyclic esters (lactones) is 1. The van der Waals surface area contributed by atoms with Crippen LogP contribution in [0, 0.1) is 5.92 Å². The Labute approximate surface area is 497 Å². The highest BCUT2D eigenvalue weighted by Crippen LogP contribution is 2.39. The van der Waals surface area contributed by atoms with Gasteiger partial charge < -0.3 is 101 Å². The Morgan fingerprint density at radius 3 is 1.43 bits per heavy atom. The summed E-state index contributed by atoms with van der Waals surface area (Å²) in [5.41, 5.74) is 5.98. The lowest BCUT2D eigenvalue weighted by molar-refractivity contribution is -0.308. The first-order valence-electron chi connectivity index (χ1n) is 26.9. The Kier molecular flexibility index (Phi) is 33.3. The zero-order chi connectivity index (χ0) is 65.7. The highest BCUT2D eigenvalue weighted by molar-refractivity contribution is 5.82. The zero-order valence-corrected chi connectivity index (χ0v) is 47.6. The summed E-state index contributed by atoms with van der Waals surface area (Å²) in [5, 5.41) is 133. The first-order chi connectivity index (χ1) is 40.7. The number of epoxide rings is 1. The van der Waals surface area contributed by atoms with Crippen LogP contribution in [-0.4, -0.2) is 308 Å². The number of hydrogen-bond acceptors (Lipinski definition) is 25. The maximum absolute atomic E-state index is 12.3. The summed E-state index contributed by atoms with van der Waals surface area (Å²) in [7, 11) is 0. The summed E-state index contributed by atoms with van der Waals surface area (Å²) in [5.74, 6) is -15.3. The number of ether oxygens (including phenoxy) is 5. The lowest BCUT2D eigenvalue weighted by Crippen LogP contribution is -2.61. The van der Waals surface area contributed by atoms with Gasteiger partial charge in [-0.3, -0.25) is 62.8 Å². The number of hydrogen-bond donors (Lipinski definition) is 15. The maximum Gasteiger partial charge on any atom is 0.330 e. The minimum atomic E-state index is -2.10. The van der Waals surface area contributed by atoms with Gasteiger partial charge in [0.25, 0.3) is 0 Å². The fourth-order valence-corrected chi connectivity index (χ4v) is 8.96. The third-order valence-corrected chi connectivity index (χ3v) is 12.9.